The maximum atomic E-state index is 13.2. The van der Waals surface area contributed by atoms with Gasteiger partial charge in [0.05, 0.1) is 18.3 Å². The first kappa shape index (κ1) is 22.7. The minimum absolute atomic E-state index is 0.0121. The Bertz CT molecular complexity index is 1130. The van der Waals surface area contributed by atoms with Gasteiger partial charge in [-0.1, -0.05) is 24.3 Å². The van der Waals surface area contributed by atoms with Crippen molar-refractivity contribution in [2.75, 3.05) is 6.61 Å². The number of rotatable bonds is 5. The molecule has 2 aliphatic heterocycles. The molecule has 0 fully saturated rings. The van der Waals surface area contributed by atoms with Crippen LogP contribution in [-0.2, 0) is 31.9 Å². The Kier molecular flexibility index (Phi) is 5.57. The fourth-order valence-corrected chi connectivity index (χ4v) is 4.23. The summed E-state index contributed by atoms with van der Waals surface area (Å²) in [6, 6.07) is 11.0. The highest BCUT2D eigenvalue weighted by Gasteiger charge is 2.56. The van der Waals surface area contributed by atoms with Gasteiger partial charge in [-0.3, -0.25) is 0 Å². The quantitative estimate of drug-likeness (QED) is 0.590. The van der Waals surface area contributed by atoms with Crippen LogP contribution in [0.5, 0.6) is 11.5 Å². The second-order valence-electron chi connectivity index (χ2n) is 8.75. The molecule has 2 aromatic carbocycles. The molecule has 4 rings (SSSR count). The first-order valence-corrected chi connectivity index (χ1v) is 10.7. The number of esters is 2. The molecule has 2 unspecified atom stereocenters. The lowest BCUT2D eigenvalue weighted by Gasteiger charge is -2.37. The molecule has 2 heterocycles. The van der Waals surface area contributed by atoms with Gasteiger partial charge in [-0.05, 0) is 55.7 Å². The van der Waals surface area contributed by atoms with Crippen LogP contribution in [0.1, 0.15) is 37.5 Å². The Balaban J connectivity index is 1.79. The summed E-state index contributed by atoms with van der Waals surface area (Å²) < 4.78 is 16.7. The smallest absolute Gasteiger partial charge is 0.375 e. The third-order valence-electron chi connectivity index (χ3n) is 6.03. The molecule has 3 N–H and O–H groups in total. The molecule has 8 heteroatoms. The molecule has 0 saturated carbocycles. The van der Waals surface area contributed by atoms with Gasteiger partial charge in [0.2, 0.25) is 11.4 Å². The van der Waals surface area contributed by atoms with Crippen LogP contribution in [0.4, 0.5) is 0 Å². The van der Waals surface area contributed by atoms with Crippen LogP contribution in [0, 0.1) is 0 Å². The number of hydrogen-bond acceptors (Lipinski definition) is 8. The Morgan fingerprint density at radius 1 is 1.12 bits per heavy atom. The van der Waals surface area contributed by atoms with Crippen molar-refractivity contribution >= 4 is 17.5 Å². The molecule has 0 amide bonds. The van der Waals surface area contributed by atoms with E-state index in [1.807, 2.05) is 0 Å². The fraction of sp³-hybridized carbons (Fsp3) is 0.360. The number of ether oxygens (including phenoxy) is 3. The maximum Gasteiger partial charge on any atom is 0.375 e. The third-order valence-corrected chi connectivity index (χ3v) is 6.03. The van der Waals surface area contributed by atoms with Crippen molar-refractivity contribution in [1.82, 2.24) is 0 Å². The van der Waals surface area contributed by atoms with Crippen molar-refractivity contribution in [2.24, 2.45) is 0 Å². The summed E-state index contributed by atoms with van der Waals surface area (Å²) in [6.45, 7) is 5.28. The molecule has 0 aliphatic carbocycles. The zero-order valence-corrected chi connectivity index (χ0v) is 18.6. The molecule has 0 radical (unpaired) electrons. The van der Waals surface area contributed by atoms with E-state index in [4.69, 9.17) is 14.2 Å². The first-order valence-electron chi connectivity index (χ1n) is 10.7. The van der Waals surface area contributed by atoms with Crippen molar-refractivity contribution in [3.8, 4) is 11.5 Å². The normalized spacial score (nSPS) is 23.5. The van der Waals surface area contributed by atoms with Crippen LogP contribution in [-0.4, -0.2) is 51.2 Å². The molecular formula is C25H26O8. The average molecular weight is 454 g/mol. The number of aliphatic hydroxyl groups excluding tert-OH is 2. The van der Waals surface area contributed by atoms with Crippen LogP contribution in [0.25, 0.3) is 5.57 Å². The zero-order valence-electron chi connectivity index (χ0n) is 18.6. The van der Waals surface area contributed by atoms with Crippen LogP contribution < -0.4 is 4.74 Å². The largest absolute Gasteiger partial charge is 0.508 e. The molecule has 0 aromatic heterocycles. The number of benzene rings is 2. The number of phenols is 1. The summed E-state index contributed by atoms with van der Waals surface area (Å²) in [4.78, 5) is 25.6. The van der Waals surface area contributed by atoms with Gasteiger partial charge < -0.3 is 29.5 Å². The molecule has 2 atom stereocenters. The molecule has 2 aliphatic rings. The van der Waals surface area contributed by atoms with Gasteiger partial charge in [-0.2, -0.15) is 0 Å². The van der Waals surface area contributed by atoms with E-state index < -0.39 is 35.0 Å². The second kappa shape index (κ2) is 8.12. The zero-order chi connectivity index (χ0) is 24.0. The van der Waals surface area contributed by atoms with Crippen molar-refractivity contribution in [1.29, 1.82) is 0 Å². The minimum Gasteiger partial charge on any atom is -0.508 e. The van der Waals surface area contributed by atoms with Crippen molar-refractivity contribution < 1.29 is 39.1 Å². The first-order chi connectivity index (χ1) is 15.6. The van der Waals surface area contributed by atoms with Gasteiger partial charge in [0.15, 0.2) is 0 Å². The van der Waals surface area contributed by atoms with Crippen molar-refractivity contribution in [2.45, 2.75) is 50.9 Å². The number of cyclic esters (lactones) is 1. The van der Waals surface area contributed by atoms with E-state index >= 15 is 0 Å². The number of phenolic OH excluding ortho intramolecular Hbond substituents is 1. The van der Waals surface area contributed by atoms with Crippen molar-refractivity contribution in [3.63, 3.8) is 0 Å². The summed E-state index contributed by atoms with van der Waals surface area (Å²) in [5.41, 5.74) is -0.972. The van der Waals surface area contributed by atoms with Crippen LogP contribution in [0.2, 0.25) is 0 Å². The Hall–Kier alpha value is -3.52. The average Bonchev–Trinajstić information content (AvgIpc) is 3.00. The van der Waals surface area contributed by atoms with E-state index in [2.05, 4.69) is 0 Å². The molecule has 8 nitrogen and oxygen atoms in total. The van der Waals surface area contributed by atoms with Crippen LogP contribution in [0.15, 0.2) is 48.2 Å². The lowest BCUT2D eigenvalue weighted by atomic mass is 9.82. The van der Waals surface area contributed by atoms with E-state index in [0.717, 1.165) is 5.56 Å². The number of carbonyl (C=O) groups excluding carboxylic acids is 2. The summed E-state index contributed by atoms with van der Waals surface area (Å²) in [5.74, 6) is -1.93. The molecule has 0 saturated heterocycles. The summed E-state index contributed by atoms with van der Waals surface area (Å²) in [7, 11) is 0. The third kappa shape index (κ3) is 3.91. The molecule has 33 heavy (non-hydrogen) atoms. The molecule has 2 aromatic rings. The standard InChI is InChI=1S/C25H26O8/c1-4-31-23(30)25(20(21(28)22(29)33-25)15-6-8-17(26)9-7-15)13-14-5-10-18-16(11-14)12-19(27)24(2,3)32-18/h5-11,19,26-28H,4,12-13H2,1-3H3. The van der Waals surface area contributed by atoms with E-state index in [9.17, 15) is 24.9 Å². The molecule has 0 spiro atoms. The number of aromatic hydroxyl groups is 1. The van der Waals surface area contributed by atoms with Gasteiger partial charge in [0, 0.05) is 12.8 Å². The predicted molar refractivity (Wildman–Crippen MR) is 118 cm³/mol. The Morgan fingerprint density at radius 2 is 1.82 bits per heavy atom. The minimum atomic E-state index is -1.92. The lowest BCUT2D eigenvalue weighted by Crippen LogP contribution is -2.46. The number of carbonyl (C=O) groups is 2. The number of hydrogen-bond donors (Lipinski definition) is 3. The van der Waals surface area contributed by atoms with Gasteiger partial charge in [-0.25, -0.2) is 9.59 Å². The second-order valence-corrected chi connectivity index (χ2v) is 8.75. The molecular weight excluding hydrogens is 428 g/mol. The highest BCUT2D eigenvalue weighted by molar-refractivity contribution is 6.11. The Labute approximate surface area is 191 Å². The van der Waals surface area contributed by atoms with Crippen LogP contribution >= 0.6 is 0 Å². The summed E-state index contributed by atoms with van der Waals surface area (Å²) in [6.07, 6.45) is -0.473. The molecule has 174 valence electrons. The Morgan fingerprint density at radius 3 is 2.48 bits per heavy atom. The monoisotopic (exact) mass is 454 g/mol. The lowest BCUT2D eigenvalue weighted by molar-refractivity contribution is -0.171. The van der Waals surface area contributed by atoms with E-state index in [-0.39, 0.29) is 24.4 Å². The topological polar surface area (TPSA) is 123 Å². The predicted octanol–water partition coefficient (Wildman–Crippen LogP) is 2.84. The van der Waals surface area contributed by atoms with Gasteiger partial charge in [-0.15, -0.1) is 0 Å². The van der Waals surface area contributed by atoms with E-state index in [1.54, 1.807) is 39.0 Å². The number of aliphatic hydroxyl groups is 2. The maximum absolute atomic E-state index is 13.2. The van der Waals surface area contributed by atoms with Gasteiger partial charge in [0.25, 0.3) is 0 Å². The van der Waals surface area contributed by atoms with E-state index in [1.165, 1.54) is 24.3 Å². The van der Waals surface area contributed by atoms with Crippen LogP contribution in [0.3, 0.4) is 0 Å². The van der Waals surface area contributed by atoms with Gasteiger partial charge >= 0.3 is 11.9 Å². The fourth-order valence-electron chi connectivity index (χ4n) is 4.23. The highest BCUT2D eigenvalue weighted by atomic mass is 16.6. The summed E-state index contributed by atoms with van der Waals surface area (Å²) >= 11 is 0. The highest BCUT2D eigenvalue weighted by Crippen LogP contribution is 2.44. The van der Waals surface area contributed by atoms with Crippen molar-refractivity contribution in [3.05, 3.63) is 64.9 Å². The summed E-state index contributed by atoms with van der Waals surface area (Å²) in [5, 5.41) is 30.6. The SMILES string of the molecule is CCOC(=O)C1(Cc2ccc3c(c2)CC(O)C(C)(C)O3)OC(=O)C(O)=C1c1ccc(O)cc1. The van der Waals surface area contributed by atoms with E-state index in [0.29, 0.717) is 23.3 Å². The van der Waals surface area contributed by atoms with Gasteiger partial charge in [0.1, 0.15) is 17.1 Å². The molecule has 0 bridgehead atoms. The number of fused-ring (bicyclic) bond motifs is 1.